The van der Waals surface area contributed by atoms with Crippen LogP contribution in [0.5, 0.6) is 0 Å². The molecule has 0 radical (unpaired) electrons. The number of amides is 1. The van der Waals surface area contributed by atoms with E-state index in [1.54, 1.807) is 24.1 Å². The highest BCUT2D eigenvalue weighted by atomic mass is 16.6. The SMILES string of the molecule is CCc1ccc(CN(C)C(=O)c2ccc(NC3CC3)c([N+](=O)[O-])c2)cc1. The van der Waals surface area contributed by atoms with Crippen LogP contribution in [0.3, 0.4) is 0 Å². The summed E-state index contributed by atoms with van der Waals surface area (Å²) in [5.74, 6) is -0.231. The first-order valence-electron chi connectivity index (χ1n) is 8.86. The maximum atomic E-state index is 12.7. The number of anilines is 1. The second kappa shape index (κ2) is 7.56. The minimum absolute atomic E-state index is 0.0524. The summed E-state index contributed by atoms with van der Waals surface area (Å²) in [6.45, 7) is 2.55. The van der Waals surface area contributed by atoms with Crippen molar-refractivity contribution in [2.75, 3.05) is 12.4 Å². The second-order valence-corrected chi connectivity index (χ2v) is 6.74. The highest BCUT2D eigenvalue weighted by Gasteiger charge is 2.26. The van der Waals surface area contributed by atoms with Crippen LogP contribution < -0.4 is 5.32 Å². The van der Waals surface area contributed by atoms with E-state index in [4.69, 9.17) is 0 Å². The Morgan fingerprint density at radius 1 is 1.19 bits per heavy atom. The number of hydrogen-bond donors (Lipinski definition) is 1. The summed E-state index contributed by atoms with van der Waals surface area (Å²) in [6.07, 6.45) is 3.02. The highest BCUT2D eigenvalue weighted by molar-refractivity contribution is 5.95. The van der Waals surface area contributed by atoms with Crippen molar-refractivity contribution in [3.05, 3.63) is 69.3 Å². The quantitative estimate of drug-likeness (QED) is 0.603. The van der Waals surface area contributed by atoms with E-state index in [9.17, 15) is 14.9 Å². The zero-order chi connectivity index (χ0) is 18.7. The number of benzene rings is 2. The number of nitrogens with zero attached hydrogens (tertiary/aromatic N) is 2. The Bertz CT molecular complexity index is 814. The topological polar surface area (TPSA) is 75.5 Å². The monoisotopic (exact) mass is 353 g/mol. The Hall–Kier alpha value is -2.89. The lowest BCUT2D eigenvalue weighted by Gasteiger charge is -2.18. The van der Waals surface area contributed by atoms with Gasteiger partial charge in [-0.05, 0) is 42.5 Å². The summed E-state index contributed by atoms with van der Waals surface area (Å²) in [5.41, 5.74) is 3.03. The van der Waals surface area contributed by atoms with Crippen LogP contribution >= 0.6 is 0 Å². The Morgan fingerprint density at radius 2 is 1.85 bits per heavy atom. The molecule has 6 heteroatoms. The Kier molecular flexibility index (Phi) is 5.21. The Labute approximate surface area is 153 Å². The highest BCUT2D eigenvalue weighted by Crippen LogP contribution is 2.31. The van der Waals surface area contributed by atoms with Gasteiger partial charge in [-0.25, -0.2) is 0 Å². The minimum Gasteiger partial charge on any atom is -0.377 e. The lowest BCUT2D eigenvalue weighted by molar-refractivity contribution is -0.384. The molecule has 0 unspecified atom stereocenters. The van der Waals surface area contributed by atoms with Gasteiger partial charge >= 0.3 is 0 Å². The fourth-order valence-corrected chi connectivity index (χ4v) is 2.83. The third kappa shape index (κ3) is 4.20. The molecule has 1 amide bonds. The molecule has 0 saturated heterocycles. The summed E-state index contributed by atoms with van der Waals surface area (Å²) in [4.78, 5) is 25.2. The molecule has 0 aromatic heterocycles. The van der Waals surface area contributed by atoms with Gasteiger partial charge < -0.3 is 10.2 Å². The molecule has 0 bridgehead atoms. The van der Waals surface area contributed by atoms with Crippen molar-refractivity contribution in [3.63, 3.8) is 0 Å². The van der Waals surface area contributed by atoms with Gasteiger partial charge in [0.1, 0.15) is 5.69 Å². The number of carbonyl (C=O) groups excluding carboxylic acids is 1. The van der Waals surface area contributed by atoms with E-state index in [1.165, 1.54) is 11.6 Å². The first kappa shape index (κ1) is 17.9. The third-order valence-electron chi connectivity index (χ3n) is 4.58. The van der Waals surface area contributed by atoms with Crippen LogP contribution in [0.2, 0.25) is 0 Å². The standard InChI is InChI=1S/C20H23N3O3/c1-3-14-4-6-15(7-5-14)13-22(2)20(24)16-8-11-18(21-17-9-10-17)19(12-16)23(25)26/h4-8,11-12,17,21H,3,9-10,13H2,1-2H3. The summed E-state index contributed by atoms with van der Waals surface area (Å²) in [7, 11) is 1.71. The number of aryl methyl sites for hydroxylation is 1. The van der Waals surface area contributed by atoms with E-state index >= 15 is 0 Å². The fourth-order valence-electron chi connectivity index (χ4n) is 2.83. The lowest BCUT2D eigenvalue weighted by Crippen LogP contribution is -2.26. The van der Waals surface area contributed by atoms with Crippen LogP contribution in [-0.4, -0.2) is 28.8 Å². The minimum atomic E-state index is -0.440. The van der Waals surface area contributed by atoms with E-state index < -0.39 is 4.92 Å². The average Bonchev–Trinajstić information content (AvgIpc) is 3.46. The van der Waals surface area contributed by atoms with Crippen molar-refractivity contribution >= 4 is 17.3 Å². The Morgan fingerprint density at radius 3 is 2.42 bits per heavy atom. The number of nitro groups is 1. The second-order valence-electron chi connectivity index (χ2n) is 6.74. The van der Waals surface area contributed by atoms with Crippen molar-refractivity contribution in [3.8, 4) is 0 Å². The number of carbonyl (C=O) groups is 1. The first-order valence-corrected chi connectivity index (χ1v) is 8.86. The van der Waals surface area contributed by atoms with Gasteiger partial charge in [0.15, 0.2) is 0 Å². The molecular formula is C20H23N3O3. The molecule has 6 nitrogen and oxygen atoms in total. The molecule has 1 aliphatic carbocycles. The van der Waals surface area contributed by atoms with Crippen LogP contribution in [0, 0.1) is 10.1 Å². The molecule has 2 aromatic carbocycles. The molecule has 136 valence electrons. The number of nitro benzene ring substituents is 1. The van der Waals surface area contributed by atoms with Crippen molar-refractivity contribution < 1.29 is 9.72 Å². The van der Waals surface area contributed by atoms with Crippen LogP contribution in [0.1, 0.15) is 41.3 Å². The van der Waals surface area contributed by atoms with Crippen molar-refractivity contribution in [1.29, 1.82) is 0 Å². The fraction of sp³-hybridized carbons (Fsp3) is 0.350. The normalized spacial score (nSPS) is 13.3. The summed E-state index contributed by atoms with van der Waals surface area (Å²) < 4.78 is 0. The van der Waals surface area contributed by atoms with Crippen molar-refractivity contribution in [2.24, 2.45) is 0 Å². The first-order chi connectivity index (χ1) is 12.5. The van der Waals surface area contributed by atoms with Crippen molar-refractivity contribution in [1.82, 2.24) is 4.90 Å². The molecular weight excluding hydrogens is 330 g/mol. The van der Waals surface area contributed by atoms with Gasteiger partial charge in [0.25, 0.3) is 11.6 Å². The molecule has 0 aliphatic heterocycles. The van der Waals surface area contributed by atoms with E-state index in [-0.39, 0.29) is 11.6 Å². The number of nitrogens with one attached hydrogen (secondary N) is 1. The molecule has 2 aromatic rings. The van der Waals surface area contributed by atoms with Gasteiger partial charge in [-0.15, -0.1) is 0 Å². The smallest absolute Gasteiger partial charge is 0.293 e. The van der Waals surface area contributed by atoms with Gasteiger partial charge in [-0.3, -0.25) is 14.9 Å². The lowest BCUT2D eigenvalue weighted by atomic mass is 10.1. The van der Waals surface area contributed by atoms with Gasteiger partial charge in [-0.1, -0.05) is 31.2 Å². The van der Waals surface area contributed by atoms with E-state index in [0.717, 1.165) is 24.8 Å². The van der Waals surface area contributed by atoms with Crippen LogP contribution in [0.15, 0.2) is 42.5 Å². The summed E-state index contributed by atoms with van der Waals surface area (Å²) in [6, 6.07) is 13.1. The molecule has 0 atom stereocenters. The maximum Gasteiger partial charge on any atom is 0.293 e. The van der Waals surface area contributed by atoms with Gasteiger partial charge in [-0.2, -0.15) is 0 Å². The molecule has 1 aliphatic rings. The Balaban J connectivity index is 1.74. The predicted molar refractivity (Wildman–Crippen MR) is 101 cm³/mol. The number of rotatable bonds is 7. The zero-order valence-corrected chi connectivity index (χ0v) is 15.1. The molecule has 3 rings (SSSR count). The van der Waals surface area contributed by atoms with Crippen LogP contribution in [-0.2, 0) is 13.0 Å². The molecule has 0 heterocycles. The molecule has 0 spiro atoms. The van der Waals surface area contributed by atoms with Crippen molar-refractivity contribution in [2.45, 2.75) is 38.8 Å². The van der Waals surface area contributed by atoms with Gasteiger partial charge in [0, 0.05) is 31.3 Å². The maximum absolute atomic E-state index is 12.7. The zero-order valence-electron chi connectivity index (χ0n) is 15.1. The molecule has 1 fully saturated rings. The van der Waals surface area contributed by atoms with E-state index in [1.807, 2.05) is 12.1 Å². The van der Waals surface area contributed by atoms with E-state index in [2.05, 4.69) is 24.4 Å². The average molecular weight is 353 g/mol. The van der Waals surface area contributed by atoms with Gasteiger partial charge in [0.05, 0.1) is 4.92 Å². The molecule has 1 saturated carbocycles. The number of hydrogen-bond acceptors (Lipinski definition) is 4. The van der Waals surface area contributed by atoms with E-state index in [0.29, 0.717) is 23.8 Å². The molecule has 1 N–H and O–H groups in total. The summed E-state index contributed by atoms with van der Waals surface area (Å²) in [5, 5.41) is 14.5. The third-order valence-corrected chi connectivity index (χ3v) is 4.58. The largest absolute Gasteiger partial charge is 0.377 e. The van der Waals surface area contributed by atoms with Crippen LogP contribution in [0.25, 0.3) is 0 Å². The summed E-state index contributed by atoms with van der Waals surface area (Å²) >= 11 is 0. The predicted octanol–water partition coefficient (Wildman–Crippen LogP) is 4.00. The van der Waals surface area contributed by atoms with Crippen LogP contribution in [0.4, 0.5) is 11.4 Å². The van der Waals surface area contributed by atoms with Gasteiger partial charge in [0.2, 0.25) is 0 Å². The molecule has 26 heavy (non-hydrogen) atoms.